The lowest BCUT2D eigenvalue weighted by molar-refractivity contribution is -0.145. The third-order valence-electron chi connectivity index (χ3n) is 3.20. The molecule has 0 N–H and O–H groups in total. The summed E-state index contributed by atoms with van der Waals surface area (Å²) in [5.74, 6) is -0.167. The van der Waals surface area contributed by atoms with Gasteiger partial charge in [-0.25, -0.2) is 0 Å². The molecule has 144 valence electrons. The summed E-state index contributed by atoms with van der Waals surface area (Å²) in [5.41, 5.74) is 0. The van der Waals surface area contributed by atoms with E-state index in [-0.39, 0.29) is 5.97 Å². The first-order chi connectivity index (χ1) is 11.8. The molecule has 0 aliphatic heterocycles. The van der Waals surface area contributed by atoms with E-state index in [1.807, 2.05) is 6.92 Å². The van der Waals surface area contributed by atoms with Crippen molar-refractivity contribution in [1.29, 1.82) is 0 Å². The summed E-state index contributed by atoms with van der Waals surface area (Å²) in [7, 11) is 0. The minimum absolute atomic E-state index is 0.167. The maximum absolute atomic E-state index is 11.1. The number of hydrogen-bond acceptors (Lipinski definition) is 6. The quantitative estimate of drug-likeness (QED) is 0.264. The van der Waals surface area contributed by atoms with Crippen molar-refractivity contribution in [3.63, 3.8) is 0 Å². The second kappa shape index (κ2) is 20.4. The number of esters is 1. The molecule has 0 aliphatic carbocycles. The molecule has 0 fully saturated rings. The lowest BCUT2D eigenvalue weighted by Crippen LogP contribution is -2.14. The Bertz CT molecular complexity index is 260. The van der Waals surface area contributed by atoms with Crippen LogP contribution in [0.25, 0.3) is 0 Å². The summed E-state index contributed by atoms with van der Waals surface area (Å²) in [5, 5.41) is 0. The van der Waals surface area contributed by atoms with Gasteiger partial charge in [0, 0.05) is 13.0 Å². The zero-order chi connectivity index (χ0) is 17.7. The Morgan fingerprint density at radius 2 is 1.08 bits per heavy atom. The summed E-state index contributed by atoms with van der Waals surface area (Å²) in [6.07, 6.45) is 6.18. The molecule has 0 saturated heterocycles. The summed E-state index contributed by atoms with van der Waals surface area (Å²) < 4.78 is 26.5. The van der Waals surface area contributed by atoms with Crippen LogP contribution in [0.1, 0.15) is 52.4 Å². The van der Waals surface area contributed by atoms with E-state index in [9.17, 15) is 4.79 Å². The SMILES string of the molecule is CCCCCCOCCOCCOCCOCCOC(=O)CCC. The maximum Gasteiger partial charge on any atom is 0.305 e. The van der Waals surface area contributed by atoms with Gasteiger partial charge >= 0.3 is 5.97 Å². The van der Waals surface area contributed by atoms with Crippen LogP contribution in [0.3, 0.4) is 0 Å². The zero-order valence-corrected chi connectivity index (χ0v) is 15.6. The topological polar surface area (TPSA) is 63.2 Å². The normalized spacial score (nSPS) is 10.9. The van der Waals surface area contributed by atoms with Crippen LogP contribution in [0, 0.1) is 0 Å². The molecule has 6 heteroatoms. The Labute approximate surface area is 147 Å². The third-order valence-corrected chi connectivity index (χ3v) is 3.20. The van der Waals surface area contributed by atoms with Gasteiger partial charge in [0.25, 0.3) is 0 Å². The molecule has 0 aromatic carbocycles. The van der Waals surface area contributed by atoms with E-state index in [0.717, 1.165) is 19.4 Å². The van der Waals surface area contributed by atoms with Crippen molar-refractivity contribution in [2.45, 2.75) is 52.4 Å². The molecule has 0 aromatic rings. The molecule has 0 aliphatic rings. The summed E-state index contributed by atoms with van der Waals surface area (Å²) in [6.45, 7) is 9.05. The van der Waals surface area contributed by atoms with Gasteiger partial charge in [0.15, 0.2) is 0 Å². The van der Waals surface area contributed by atoms with Gasteiger partial charge < -0.3 is 23.7 Å². The fourth-order valence-electron chi connectivity index (χ4n) is 1.88. The number of ether oxygens (including phenoxy) is 5. The Morgan fingerprint density at radius 3 is 1.58 bits per heavy atom. The van der Waals surface area contributed by atoms with Crippen LogP contribution in [0.2, 0.25) is 0 Å². The van der Waals surface area contributed by atoms with Crippen LogP contribution < -0.4 is 0 Å². The summed E-state index contributed by atoms with van der Waals surface area (Å²) >= 11 is 0. The fourth-order valence-corrected chi connectivity index (χ4v) is 1.88. The van der Waals surface area contributed by atoms with E-state index in [0.29, 0.717) is 59.3 Å². The first-order valence-corrected chi connectivity index (χ1v) is 9.27. The molecular formula is C18H36O6. The van der Waals surface area contributed by atoms with E-state index in [2.05, 4.69) is 6.92 Å². The van der Waals surface area contributed by atoms with Crippen LogP contribution in [0.5, 0.6) is 0 Å². The molecule has 0 spiro atoms. The van der Waals surface area contributed by atoms with E-state index in [4.69, 9.17) is 23.7 Å². The largest absolute Gasteiger partial charge is 0.463 e. The summed E-state index contributed by atoms with van der Waals surface area (Å²) in [6, 6.07) is 0. The second-order valence-electron chi connectivity index (χ2n) is 5.48. The van der Waals surface area contributed by atoms with Crippen molar-refractivity contribution in [2.24, 2.45) is 0 Å². The highest BCUT2D eigenvalue weighted by Crippen LogP contribution is 1.98. The van der Waals surface area contributed by atoms with Crippen molar-refractivity contribution in [1.82, 2.24) is 0 Å². The highest BCUT2D eigenvalue weighted by atomic mass is 16.6. The molecule has 0 unspecified atom stereocenters. The number of unbranched alkanes of at least 4 members (excludes halogenated alkanes) is 3. The van der Waals surface area contributed by atoms with Gasteiger partial charge in [-0.15, -0.1) is 0 Å². The lowest BCUT2D eigenvalue weighted by Gasteiger charge is -2.08. The molecule has 0 aromatic heterocycles. The van der Waals surface area contributed by atoms with Crippen molar-refractivity contribution < 1.29 is 28.5 Å². The molecular weight excluding hydrogens is 312 g/mol. The molecule has 24 heavy (non-hydrogen) atoms. The number of carbonyl (C=O) groups excluding carboxylic acids is 1. The predicted molar refractivity (Wildman–Crippen MR) is 93.3 cm³/mol. The molecule has 0 amide bonds. The van der Waals surface area contributed by atoms with E-state index >= 15 is 0 Å². The fraction of sp³-hybridized carbons (Fsp3) is 0.944. The first kappa shape index (κ1) is 23.3. The highest BCUT2D eigenvalue weighted by Gasteiger charge is 1.99. The number of carbonyl (C=O) groups is 1. The minimum Gasteiger partial charge on any atom is -0.463 e. The van der Waals surface area contributed by atoms with E-state index in [1.165, 1.54) is 19.3 Å². The summed E-state index contributed by atoms with van der Waals surface area (Å²) in [4.78, 5) is 11.1. The van der Waals surface area contributed by atoms with Crippen LogP contribution >= 0.6 is 0 Å². The maximum atomic E-state index is 11.1. The third kappa shape index (κ3) is 19.4. The number of hydrogen-bond donors (Lipinski definition) is 0. The van der Waals surface area contributed by atoms with Gasteiger partial charge in [-0.05, 0) is 12.8 Å². The average Bonchev–Trinajstić information content (AvgIpc) is 2.58. The smallest absolute Gasteiger partial charge is 0.305 e. The van der Waals surface area contributed by atoms with Gasteiger partial charge in [-0.1, -0.05) is 33.1 Å². The van der Waals surface area contributed by atoms with Crippen molar-refractivity contribution in [2.75, 3.05) is 59.5 Å². The molecule has 0 atom stereocenters. The zero-order valence-electron chi connectivity index (χ0n) is 15.6. The highest BCUT2D eigenvalue weighted by molar-refractivity contribution is 5.69. The lowest BCUT2D eigenvalue weighted by atomic mass is 10.2. The first-order valence-electron chi connectivity index (χ1n) is 9.27. The van der Waals surface area contributed by atoms with E-state index in [1.54, 1.807) is 0 Å². The molecule has 0 bridgehead atoms. The molecule has 0 rings (SSSR count). The van der Waals surface area contributed by atoms with Gasteiger partial charge in [0.05, 0.1) is 46.2 Å². The molecule has 0 radical (unpaired) electrons. The van der Waals surface area contributed by atoms with Gasteiger partial charge in [-0.3, -0.25) is 4.79 Å². The van der Waals surface area contributed by atoms with Crippen molar-refractivity contribution >= 4 is 5.97 Å². The van der Waals surface area contributed by atoms with Crippen molar-refractivity contribution in [3.8, 4) is 0 Å². The monoisotopic (exact) mass is 348 g/mol. The van der Waals surface area contributed by atoms with Crippen LogP contribution in [-0.4, -0.2) is 65.4 Å². The molecule has 0 heterocycles. The van der Waals surface area contributed by atoms with E-state index < -0.39 is 0 Å². The Balaban J connectivity index is 3.01. The van der Waals surface area contributed by atoms with Crippen molar-refractivity contribution in [3.05, 3.63) is 0 Å². The standard InChI is InChI=1S/C18H36O6/c1-3-5-6-7-9-20-10-11-21-12-13-22-14-15-23-16-17-24-18(19)8-4-2/h3-17H2,1-2H3. The Morgan fingerprint density at radius 1 is 0.583 bits per heavy atom. The number of rotatable bonds is 19. The van der Waals surface area contributed by atoms with Gasteiger partial charge in [-0.2, -0.15) is 0 Å². The Kier molecular flexibility index (Phi) is 19.8. The van der Waals surface area contributed by atoms with Gasteiger partial charge in [0.1, 0.15) is 6.61 Å². The molecule has 0 saturated carbocycles. The van der Waals surface area contributed by atoms with Crippen LogP contribution in [0.4, 0.5) is 0 Å². The van der Waals surface area contributed by atoms with Gasteiger partial charge in [0.2, 0.25) is 0 Å². The average molecular weight is 348 g/mol. The second-order valence-corrected chi connectivity index (χ2v) is 5.48. The minimum atomic E-state index is -0.167. The molecule has 6 nitrogen and oxygen atoms in total. The van der Waals surface area contributed by atoms with Crippen LogP contribution in [-0.2, 0) is 28.5 Å². The van der Waals surface area contributed by atoms with Crippen LogP contribution in [0.15, 0.2) is 0 Å². The Hall–Kier alpha value is -0.690. The predicted octanol–water partition coefficient (Wildman–Crippen LogP) is 2.98.